The first-order valence-electron chi connectivity index (χ1n) is 5.10. The molecule has 1 saturated carbocycles. The van der Waals surface area contributed by atoms with E-state index in [1.54, 1.807) is 0 Å². The molecule has 1 rings (SSSR count). The first-order valence-corrected chi connectivity index (χ1v) is 5.10. The molecule has 3 atom stereocenters. The smallest absolute Gasteiger partial charge is 0.0636 e. The van der Waals surface area contributed by atoms with E-state index < -0.39 is 0 Å². The third-order valence-corrected chi connectivity index (χ3v) is 2.64. The Morgan fingerprint density at radius 1 is 1.50 bits per heavy atom. The third-order valence-electron chi connectivity index (χ3n) is 2.64. The van der Waals surface area contributed by atoms with Crippen LogP contribution in [-0.4, -0.2) is 23.8 Å². The summed E-state index contributed by atoms with van der Waals surface area (Å²) in [6.07, 6.45) is 5.09. The van der Waals surface area contributed by atoms with Crippen LogP contribution < -0.4 is 5.32 Å². The van der Waals surface area contributed by atoms with Gasteiger partial charge in [-0.2, -0.15) is 0 Å². The minimum absolute atomic E-state index is 0.206. The van der Waals surface area contributed by atoms with Crippen LogP contribution in [0.1, 0.15) is 39.5 Å². The molecule has 0 aromatic carbocycles. The normalized spacial score (nSPS) is 33.2. The monoisotopic (exact) mass is 171 g/mol. The van der Waals surface area contributed by atoms with Crippen LogP contribution in [0.25, 0.3) is 0 Å². The Bertz CT molecular complexity index is 125. The molecule has 0 heterocycles. The largest absolute Gasteiger partial charge is 0.392 e. The zero-order valence-corrected chi connectivity index (χ0v) is 8.21. The molecule has 0 aromatic rings. The van der Waals surface area contributed by atoms with Crippen molar-refractivity contribution in [1.29, 1.82) is 0 Å². The van der Waals surface area contributed by atoms with Gasteiger partial charge >= 0.3 is 0 Å². The number of aliphatic hydroxyl groups excluding tert-OH is 1. The molecule has 0 aliphatic heterocycles. The Hall–Kier alpha value is -0.0800. The molecule has 2 heteroatoms. The van der Waals surface area contributed by atoms with Gasteiger partial charge in [0.05, 0.1) is 6.10 Å². The van der Waals surface area contributed by atoms with E-state index in [1.165, 1.54) is 25.7 Å². The van der Waals surface area contributed by atoms with Crippen molar-refractivity contribution in [3.05, 3.63) is 0 Å². The highest BCUT2D eigenvalue weighted by Crippen LogP contribution is 2.23. The fourth-order valence-electron chi connectivity index (χ4n) is 1.96. The van der Waals surface area contributed by atoms with Crippen LogP contribution in [0.2, 0.25) is 0 Å². The number of hydrogen-bond donors (Lipinski definition) is 2. The summed E-state index contributed by atoms with van der Waals surface area (Å²) in [5.74, 6) is 0.866. The molecule has 0 bridgehead atoms. The summed E-state index contributed by atoms with van der Waals surface area (Å²) in [4.78, 5) is 0. The fraction of sp³-hybridized carbons (Fsp3) is 1.00. The molecule has 12 heavy (non-hydrogen) atoms. The molecule has 2 N–H and O–H groups in total. The Labute approximate surface area is 75.4 Å². The summed E-state index contributed by atoms with van der Waals surface area (Å²) in [6.45, 7) is 4.90. The highest BCUT2D eigenvalue weighted by Gasteiger charge is 2.18. The lowest BCUT2D eigenvalue weighted by Gasteiger charge is -2.28. The topological polar surface area (TPSA) is 32.3 Å². The molecule has 0 aromatic heterocycles. The highest BCUT2D eigenvalue weighted by atomic mass is 16.3. The number of rotatable bonds is 3. The molecule has 0 spiro atoms. The minimum Gasteiger partial charge on any atom is -0.392 e. The van der Waals surface area contributed by atoms with Gasteiger partial charge in [0.1, 0.15) is 0 Å². The summed E-state index contributed by atoms with van der Waals surface area (Å²) in [6, 6.07) is 0.656. The molecule has 0 radical (unpaired) electrons. The average molecular weight is 171 g/mol. The zero-order chi connectivity index (χ0) is 8.97. The van der Waals surface area contributed by atoms with Gasteiger partial charge in [-0.05, 0) is 25.7 Å². The molecule has 1 aliphatic rings. The van der Waals surface area contributed by atoms with Crippen molar-refractivity contribution in [2.75, 3.05) is 6.54 Å². The van der Waals surface area contributed by atoms with Gasteiger partial charge in [-0.15, -0.1) is 0 Å². The Morgan fingerprint density at radius 2 is 2.25 bits per heavy atom. The lowest BCUT2D eigenvalue weighted by atomic mass is 9.87. The molecule has 2 nitrogen and oxygen atoms in total. The molecule has 0 unspecified atom stereocenters. The lowest BCUT2D eigenvalue weighted by molar-refractivity contribution is 0.177. The van der Waals surface area contributed by atoms with E-state index in [0.717, 1.165) is 12.5 Å². The molecule has 72 valence electrons. The van der Waals surface area contributed by atoms with Crippen LogP contribution in [0, 0.1) is 5.92 Å². The van der Waals surface area contributed by atoms with E-state index in [9.17, 15) is 0 Å². The highest BCUT2D eigenvalue weighted by molar-refractivity contribution is 4.76. The molecule has 1 fully saturated rings. The molecular weight excluding hydrogens is 150 g/mol. The van der Waals surface area contributed by atoms with Crippen molar-refractivity contribution in [2.45, 2.75) is 51.7 Å². The number of aliphatic hydroxyl groups is 1. The molecule has 1 aliphatic carbocycles. The lowest BCUT2D eigenvalue weighted by Crippen LogP contribution is -2.37. The molecular formula is C10H21NO. The predicted octanol–water partition coefficient (Wildman–Crippen LogP) is 1.54. The van der Waals surface area contributed by atoms with Crippen molar-refractivity contribution in [3.63, 3.8) is 0 Å². The molecule has 0 amide bonds. The second-order valence-electron chi connectivity index (χ2n) is 4.23. The minimum atomic E-state index is -0.206. The Morgan fingerprint density at radius 3 is 2.83 bits per heavy atom. The van der Waals surface area contributed by atoms with E-state index in [4.69, 9.17) is 5.11 Å². The van der Waals surface area contributed by atoms with E-state index >= 15 is 0 Å². The Kier molecular flexibility index (Phi) is 4.02. The maximum Gasteiger partial charge on any atom is 0.0636 e. The van der Waals surface area contributed by atoms with Crippen LogP contribution in [0.4, 0.5) is 0 Å². The average Bonchev–Trinajstić information content (AvgIpc) is 2.01. The Balaban J connectivity index is 2.14. The number of hydrogen-bond acceptors (Lipinski definition) is 2. The van der Waals surface area contributed by atoms with Gasteiger partial charge in [0.15, 0.2) is 0 Å². The van der Waals surface area contributed by atoms with Gasteiger partial charge < -0.3 is 10.4 Å². The number of nitrogens with one attached hydrogen (secondary N) is 1. The van der Waals surface area contributed by atoms with Crippen LogP contribution >= 0.6 is 0 Å². The van der Waals surface area contributed by atoms with Crippen LogP contribution in [0.3, 0.4) is 0 Å². The van der Waals surface area contributed by atoms with E-state index in [-0.39, 0.29) is 6.10 Å². The fourth-order valence-corrected chi connectivity index (χ4v) is 1.96. The second-order valence-corrected chi connectivity index (χ2v) is 4.23. The van der Waals surface area contributed by atoms with Crippen LogP contribution in [-0.2, 0) is 0 Å². The van der Waals surface area contributed by atoms with Gasteiger partial charge in [0, 0.05) is 12.6 Å². The van der Waals surface area contributed by atoms with Gasteiger partial charge in [-0.3, -0.25) is 0 Å². The zero-order valence-electron chi connectivity index (χ0n) is 8.21. The van der Waals surface area contributed by atoms with Crippen molar-refractivity contribution >= 4 is 0 Å². The first kappa shape index (κ1) is 10.0. The maximum atomic E-state index is 9.09. The third kappa shape index (κ3) is 3.55. The quantitative estimate of drug-likeness (QED) is 0.675. The first-order chi connectivity index (χ1) is 5.68. The van der Waals surface area contributed by atoms with Crippen LogP contribution in [0.15, 0.2) is 0 Å². The van der Waals surface area contributed by atoms with E-state index in [0.29, 0.717) is 6.04 Å². The SMILES string of the molecule is C[C@H]1CCC[C@H](NC[C@H](C)O)C1. The summed E-state index contributed by atoms with van der Waals surface area (Å²) in [5, 5.41) is 12.5. The second kappa shape index (κ2) is 4.83. The summed E-state index contributed by atoms with van der Waals surface area (Å²) in [5.41, 5.74) is 0. The standard InChI is InChI=1S/C10H21NO/c1-8-4-3-5-10(6-8)11-7-9(2)12/h8-12H,3-7H2,1-2H3/t8-,9-,10-/m0/s1. The van der Waals surface area contributed by atoms with Crippen molar-refractivity contribution in [3.8, 4) is 0 Å². The van der Waals surface area contributed by atoms with Gasteiger partial charge in [0.25, 0.3) is 0 Å². The van der Waals surface area contributed by atoms with Crippen molar-refractivity contribution in [2.24, 2.45) is 5.92 Å². The summed E-state index contributed by atoms with van der Waals surface area (Å²) >= 11 is 0. The van der Waals surface area contributed by atoms with Gasteiger partial charge in [-0.1, -0.05) is 19.8 Å². The molecule has 0 saturated heterocycles. The van der Waals surface area contributed by atoms with E-state index in [2.05, 4.69) is 12.2 Å². The van der Waals surface area contributed by atoms with Gasteiger partial charge in [0.2, 0.25) is 0 Å². The summed E-state index contributed by atoms with van der Waals surface area (Å²) in [7, 11) is 0. The van der Waals surface area contributed by atoms with E-state index in [1.807, 2.05) is 6.92 Å². The van der Waals surface area contributed by atoms with Gasteiger partial charge in [-0.25, -0.2) is 0 Å². The van der Waals surface area contributed by atoms with Crippen molar-refractivity contribution in [1.82, 2.24) is 5.32 Å². The predicted molar refractivity (Wildman–Crippen MR) is 51.1 cm³/mol. The van der Waals surface area contributed by atoms with Crippen LogP contribution in [0.5, 0.6) is 0 Å². The maximum absolute atomic E-state index is 9.09. The summed E-state index contributed by atoms with van der Waals surface area (Å²) < 4.78 is 0. The van der Waals surface area contributed by atoms with Crippen molar-refractivity contribution < 1.29 is 5.11 Å².